The fourth-order valence-electron chi connectivity index (χ4n) is 6.42. The first-order valence-corrected chi connectivity index (χ1v) is 16.1. The molecule has 0 aliphatic heterocycles. The van der Waals surface area contributed by atoms with Gasteiger partial charge in [0.2, 0.25) is 0 Å². The highest BCUT2D eigenvalue weighted by Gasteiger charge is 2.18. The molecule has 234 valence electrons. The molecule has 5 nitrogen and oxygen atoms in total. The third-order valence-electron chi connectivity index (χ3n) is 8.80. The van der Waals surface area contributed by atoms with Crippen LogP contribution in [0.5, 0.6) is 0 Å². The van der Waals surface area contributed by atoms with E-state index in [0.717, 1.165) is 21.9 Å². The van der Waals surface area contributed by atoms with Crippen LogP contribution in [0.15, 0.2) is 172 Å². The quantitative estimate of drug-likeness (QED) is 0.186. The molecular weight excluding hydrogens is 615 g/mol. The highest BCUT2D eigenvalue weighted by atomic mass is 16.3. The summed E-state index contributed by atoms with van der Waals surface area (Å²) in [4.78, 5) is 14.5. The van der Waals surface area contributed by atoms with Crippen LogP contribution < -0.4 is 0 Å². The largest absolute Gasteiger partial charge is 0.456 e. The molecular formula is C45H27N3O2. The van der Waals surface area contributed by atoms with Crippen molar-refractivity contribution in [3.63, 3.8) is 0 Å². The van der Waals surface area contributed by atoms with Crippen LogP contribution in [0.25, 0.3) is 100 Å². The van der Waals surface area contributed by atoms with Crippen molar-refractivity contribution < 1.29 is 17.1 Å². The Balaban J connectivity index is 1.22. The number of nitrogens with zero attached hydrogens (tertiary/aromatic N) is 3. The molecule has 0 bridgehead atoms. The van der Waals surface area contributed by atoms with Crippen molar-refractivity contribution in [1.29, 1.82) is 0 Å². The molecule has 10 rings (SSSR count). The first kappa shape index (κ1) is 22.7. The van der Waals surface area contributed by atoms with Crippen molar-refractivity contribution in [1.82, 2.24) is 15.0 Å². The highest BCUT2D eigenvalue weighted by Crippen LogP contribution is 2.38. The Morgan fingerprint density at radius 3 is 1.84 bits per heavy atom. The van der Waals surface area contributed by atoms with Crippen LogP contribution in [0.3, 0.4) is 0 Å². The number of para-hydroxylation sites is 1. The van der Waals surface area contributed by atoms with Gasteiger partial charge in [-0.2, -0.15) is 0 Å². The van der Waals surface area contributed by atoms with E-state index in [1.165, 1.54) is 0 Å². The Morgan fingerprint density at radius 2 is 1.00 bits per heavy atom. The zero-order valence-electron chi connectivity index (χ0n) is 32.3. The maximum atomic E-state index is 9.47. The molecule has 50 heavy (non-hydrogen) atoms. The number of hydrogen-bond acceptors (Lipinski definition) is 5. The maximum Gasteiger partial charge on any atom is 0.164 e. The molecule has 0 N–H and O–H groups in total. The van der Waals surface area contributed by atoms with E-state index in [2.05, 4.69) is 0 Å². The molecule has 7 aromatic carbocycles. The minimum absolute atomic E-state index is 0.0127. The smallest absolute Gasteiger partial charge is 0.164 e. The first-order valence-electron chi connectivity index (χ1n) is 19.1. The molecule has 0 fully saturated rings. The number of hydrogen-bond donors (Lipinski definition) is 0. The second-order valence-electron chi connectivity index (χ2n) is 11.9. The molecule has 3 heterocycles. The SMILES string of the molecule is [2H]c1c(-c2cccc(-c3ccccc3)c2)c([2H])c2c(oc3c([2H])c(-c4nc(-c5ccccc5)nc(-c5cccc6oc7ccccc7c56)n4)c([2H])c([2H])c32)c1[2H]. The fourth-order valence-corrected chi connectivity index (χ4v) is 6.42. The van der Waals surface area contributed by atoms with Gasteiger partial charge in [0.15, 0.2) is 17.5 Å². The van der Waals surface area contributed by atoms with Crippen LogP contribution in [-0.2, 0) is 0 Å². The summed E-state index contributed by atoms with van der Waals surface area (Å²) in [6, 6.07) is 38.2. The van der Waals surface area contributed by atoms with E-state index in [1.807, 2.05) is 121 Å². The van der Waals surface area contributed by atoms with Crippen molar-refractivity contribution in [2.24, 2.45) is 0 Å². The van der Waals surface area contributed by atoms with Gasteiger partial charge >= 0.3 is 0 Å². The van der Waals surface area contributed by atoms with Gasteiger partial charge in [0, 0.05) is 38.2 Å². The molecule has 0 saturated heterocycles. The molecule has 10 aromatic rings. The zero-order chi connectivity index (χ0) is 38.2. The Morgan fingerprint density at radius 1 is 0.380 bits per heavy atom. The standard InChI is InChI=1S/C45H27N3O2/c1-3-11-28(12-4-1)30-15-9-16-31(25-30)32-22-24-39-37(26-32)34-23-21-33(27-41(34)50-39)44-46-43(29-13-5-2-6-14-29)47-45(48-44)36-18-10-20-40-42(36)35-17-7-8-19-38(35)49-40/h1-27H/i21D,22D,23D,24D,26D,27D. The first-order chi connectivity index (χ1) is 27.3. The van der Waals surface area contributed by atoms with Gasteiger partial charge in [0.05, 0.1) is 8.22 Å². The Hall–Kier alpha value is -6.85. The summed E-state index contributed by atoms with van der Waals surface area (Å²) in [5.41, 5.74) is 5.00. The van der Waals surface area contributed by atoms with Crippen molar-refractivity contribution in [2.45, 2.75) is 0 Å². The summed E-state index contributed by atoms with van der Waals surface area (Å²) in [7, 11) is 0. The molecule has 0 atom stereocenters. The van der Waals surface area contributed by atoms with Crippen LogP contribution in [-0.4, -0.2) is 15.0 Å². The number of benzene rings is 7. The van der Waals surface area contributed by atoms with Gasteiger partial charge in [-0.25, -0.2) is 15.0 Å². The molecule has 3 aromatic heterocycles. The average molecular weight is 648 g/mol. The van der Waals surface area contributed by atoms with Crippen molar-refractivity contribution in [2.75, 3.05) is 0 Å². The normalized spacial score (nSPS) is 13.3. The van der Waals surface area contributed by atoms with E-state index in [-0.39, 0.29) is 81.0 Å². The summed E-state index contributed by atoms with van der Waals surface area (Å²) in [5.74, 6) is 0.569. The number of aromatic nitrogens is 3. The minimum atomic E-state index is -0.346. The zero-order valence-corrected chi connectivity index (χ0v) is 26.3. The van der Waals surface area contributed by atoms with Gasteiger partial charge in [-0.3, -0.25) is 0 Å². The monoisotopic (exact) mass is 647 g/mol. The lowest BCUT2D eigenvalue weighted by Crippen LogP contribution is -2.00. The summed E-state index contributed by atoms with van der Waals surface area (Å²) in [5, 5.41) is 1.81. The lowest BCUT2D eigenvalue weighted by atomic mass is 9.98. The fraction of sp³-hybridized carbons (Fsp3) is 0. The second kappa shape index (κ2) is 11.4. The van der Waals surface area contributed by atoms with Crippen LogP contribution in [0.1, 0.15) is 8.22 Å². The Labute approximate surface area is 295 Å². The Kier molecular flexibility index (Phi) is 5.17. The van der Waals surface area contributed by atoms with Crippen LogP contribution in [0.2, 0.25) is 0 Å². The van der Waals surface area contributed by atoms with Crippen LogP contribution in [0.4, 0.5) is 0 Å². The highest BCUT2D eigenvalue weighted by molar-refractivity contribution is 6.12. The second-order valence-corrected chi connectivity index (χ2v) is 11.9. The summed E-state index contributed by atoms with van der Waals surface area (Å²) in [6.07, 6.45) is 0. The minimum Gasteiger partial charge on any atom is -0.456 e. The van der Waals surface area contributed by atoms with E-state index in [4.69, 9.17) is 26.5 Å². The lowest BCUT2D eigenvalue weighted by Gasteiger charge is -2.09. The van der Waals surface area contributed by atoms with Crippen molar-refractivity contribution in [3.8, 4) is 56.4 Å². The molecule has 0 aliphatic rings. The Bertz CT molecular complexity index is 3220. The molecule has 5 heteroatoms. The number of furan rings is 2. The molecule has 0 unspecified atom stereocenters. The maximum absolute atomic E-state index is 9.47. The molecule has 0 amide bonds. The predicted molar refractivity (Wildman–Crippen MR) is 202 cm³/mol. The van der Waals surface area contributed by atoms with Gasteiger partial charge in [-0.05, 0) is 64.6 Å². The van der Waals surface area contributed by atoms with Gasteiger partial charge in [-0.15, -0.1) is 0 Å². The third-order valence-corrected chi connectivity index (χ3v) is 8.80. The van der Waals surface area contributed by atoms with Gasteiger partial charge in [0.25, 0.3) is 0 Å². The van der Waals surface area contributed by atoms with Crippen molar-refractivity contribution in [3.05, 3.63) is 164 Å². The topological polar surface area (TPSA) is 65.0 Å². The number of fused-ring (bicyclic) bond motifs is 6. The molecule has 0 saturated carbocycles. The molecule has 0 radical (unpaired) electrons. The van der Waals surface area contributed by atoms with Crippen LogP contribution in [0, 0.1) is 0 Å². The van der Waals surface area contributed by atoms with E-state index in [0.29, 0.717) is 33.7 Å². The lowest BCUT2D eigenvalue weighted by molar-refractivity contribution is 0.668. The van der Waals surface area contributed by atoms with E-state index < -0.39 is 0 Å². The molecule has 0 aliphatic carbocycles. The molecule has 0 spiro atoms. The average Bonchev–Trinajstić information content (AvgIpc) is 3.83. The van der Waals surface area contributed by atoms with E-state index in [9.17, 15) is 5.48 Å². The van der Waals surface area contributed by atoms with Gasteiger partial charge in [0.1, 0.15) is 22.3 Å². The van der Waals surface area contributed by atoms with Crippen molar-refractivity contribution >= 4 is 43.9 Å². The van der Waals surface area contributed by atoms with Gasteiger partial charge < -0.3 is 8.83 Å². The van der Waals surface area contributed by atoms with Crippen LogP contribution >= 0.6 is 0 Å². The van der Waals surface area contributed by atoms with E-state index >= 15 is 0 Å². The summed E-state index contributed by atoms with van der Waals surface area (Å²) < 4.78 is 67.9. The van der Waals surface area contributed by atoms with E-state index in [1.54, 1.807) is 6.07 Å². The summed E-state index contributed by atoms with van der Waals surface area (Å²) in [6.45, 7) is 0. The third kappa shape index (κ3) is 4.75. The van der Waals surface area contributed by atoms with Gasteiger partial charge in [-0.1, -0.05) is 121 Å². The number of rotatable bonds is 5. The predicted octanol–water partition coefficient (Wildman–Crippen LogP) is 12.0. The summed E-state index contributed by atoms with van der Waals surface area (Å²) >= 11 is 0.